The van der Waals surface area contributed by atoms with E-state index in [1.54, 1.807) is 26.4 Å². The summed E-state index contributed by atoms with van der Waals surface area (Å²) in [5, 5.41) is 16.0. The Morgan fingerprint density at radius 3 is 1.26 bits per heavy atom. The molecule has 436 valence electrons. The summed E-state index contributed by atoms with van der Waals surface area (Å²) in [4.78, 5) is 8.72. The average Bonchev–Trinajstić information content (AvgIpc) is 1.22. The third-order valence-corrected chi connectivity index (χ3v) is 20.8. The van der Waals surface area contributed by atoms with Crippen LogP contribution < -0.4 is 57.1 Å². The van der Waals surface area contributed by atoms with Crippen molar-refractivity contribution in [1.82, 2.24) is 9.97 Å². The number of hydrogen-bond acceptors (Lipinski definition) is 7. The summed E-state index contributed by atoms with van der Waals surface area (Å²) < 4.78 is 17.6. The van der Waals surface area contributed by atoms with Crippen LogP contribution in [0.15, 0.2) is 255 Å². The Morgan fingerprint density at radius 2 is 0.851 bits per heavy atom. The second-order valence-corrected chi connectivity index (χ2v) is 27.0. The Balaban J connectivity index is 0.000000153. The number of pyridine rings is 2. The lowest BCUT2D eigenvalue weighted by atomic mass is 9.76. The topological polar surface area (TPSA) is 91.5 Å². The lowest BCUT2D eigenvalue weighted by molar-refractivity contribution is 0.415. The number of hydrogen-bond donors (Lipinski definition) is 2. The fourth-order valence-corrected chi connectivity index (χ4v) is 15.9. The van der Waals surface area contributed by atoms with Gasteiger partial charge in [-0.25, -0.2) is 9.97 Å². The molecule has 1 aliphatic heterocycles. The highest BCUT2D eigenvalue weighted by atomic mass is 35.5. The smallest absolute Gasteiger partial charge is 0.139 e. The van der Waals surface area contributed by atoms with Crippen LogP contribution in [0.1, 0.15) is 36.1 Å². The largest absolute Gasteiger partial charge is 0.497 e. The molecule has 2 aromatic heterocycles. The van der Waals surface area contributed by atoms with Crippen molar-refractivity contribution in [2.75, 3.05) is 19.5 Å². The number of anilines is 1. The number of nitrogens with two attached hydrogens (primary N) is 1. The van der Waals surface area contributed by atoms with Crippen LogP contribution in [0, 0.1) is 0 Å². The molecular weight excluding hydrogens is 1220 g/mol. The van der Waals surface area contributed by atoms with Gasteiger partial charge in [0.05, 0.1) is 35.3 Å². The Labute approximate surface area is 536 Å². The predicted molar refractivity (Wildman–Crippen MR) is 372 cm³/mol. The maximum absolute atomic E-state index is 7.26. The number of benzene rings is 10. The first-order chi connectivity index (χ1) is 42.3. The number of aromatic nitrogens is 2. The quantitative estimate of drug-likeness (QED) is 0.0930. The lowest BCUT2D eigenvalue weighted by Gasteiger charge is -2.38. The molecule has 12 aromatic rings. The number of nitrogens with zero attached hydrogens (tertiary/aromatic N) is 2. The third kappa shape index (κ3) is 15.3. The van der Waals surface area contributed by atoms with Crippen LogP contribution in [0.3, 0.4) is 0 Å². The standard InChI is InChI=1S/C39H32OP2.C17H14Cl2N2O.C10H7Cl2NO.C7H8ClN/c1-39(2)33-25-15-27-35(41(29-17-7-3-8-18-29)30-19-9-4-10-20-30)37(33)40-38-34(39)26-16-28-36(38)42(31-21-11-5-12-22-31)32-23-13-6-14-24-32;1-22-13-6-7-14-15(19)9-17(21-16(14)8-13)20-10-11-2-4-12(18)5-3-11;1-14-6-2-3-7-8(11)5-10(12)13-9(7)4-6;8-7-3-1-6(5-9)2-4-7/h3-28H,1-2H3;2-9H,10H2,1H3,(H,20,21);2-5H,1H3;1-4H,5,9H2. The van der Waals surface area contributed by atoms with Gasteiger partial charge in [0, 0.05) is 73.2 Å². The van der Waals surface area contributed by atoms with E-state index in [9.17, 15) is 0 Å². The molecule has 87 heavy (non-hydrogen) atoms. The van der Waals surface area contributed by atoms with E-state index in [0.717, 1.165) is 71.8 Å². The minimum absolute atomic E-state index is 0.225. The van der Waals surface area contributed by atoms with Crippen LogP contribution in [0.4, 0.5) is 5.82 Å². The van der Waals surface area contributed by atoms with Crippen LogP contribution in [-0.2, 0) is 18.5 Å². The number of methoxy groups -OCH3 is 2. The van der Waals surface area contributed by atoms with Crippen molar-refractivity contribution in [3.63, 3.8) is 0 Å². The molecule has 3 heterocycles. The number of halogens is 5. The monoisotopic (exact) mass is 1280 g/mol. The van der Waals surface area contributed by atoms with Gasteiger partial charge in [-0.2, -0.15) is 0 Å². The molecule has 7 nitrogen and oxygen atoms in total. The zero-order chi connectivity index (χ0) is 60.9. The highest BCUT2D eigenvalue weighted by Crippen LogP contribution is 2.52. The van der Waals surface area contributed by atoms with Crippen molar-refractivity contribution in [3.05, 3.63) is 302 Å². The zero-order valence-electron chi connectivity index (χ0n) is 48.1. The van der Waals surface area contributed by atoms with Crippen molar-refractivity contribution < 1.29 is 14.2 Å². The van der Waals surface area contributed by atoms with Crippen molar-refractivity contribution in [3.8, 4) is 23.0 Å². The van der Waals surface area contributed by atoms with Crippen molar-refractivity contribution >= 4 is 133 Å². The Bertz CT molecular complexity index is 4040. The summed E-state index contributed by atoms with van der Waals surface area (Å²) in [5.41, 5.74) is 11.4. The molecule has 14 heteroatoms. The first-order valence-corrected chi connectivity index (χ1v) is 32.5. The summed E-state index contributed by atoms with van der Waals surface area (Å²) in [7, 11) is 1.59. The van der Waals surface area contributed by atoms with Gasteiger partial charge in [-0.15, -0.1) is 0 Å². The van der Waals surface area contributed by atoms with Crippen molar-refractivity contribution in [2.45, 2.75) is 32.4 Å². The van der Waals surface area contributed by atoms with Gasteiger partial charge in [0.25, 0.3) is 0 Å². The molecule has 0 saturated carbocycles. The van der Waals surface area contributed by atoms with Crippen LogP contribution in [0.5, 0.6) is 23.0 Å². The SMILES string of the molecule is CC1(C)c2cccc(P(c3ccccc3)c3ccccc3)c2Oc2c(P(c3ccccc3)c3ccccc3)cccc21.COc1ccc2c(Cl)cc(Cl)nc2c1.COc1ccc2c(Cl)cc(NCc3ccc(Cl)cc3)nc2c1.NCc1ccc(Cl)cc1. The Kier molecular flexibility index (Phi) is 21.2. The number of fused-ring (bicyclic) bond motifs is 4. The molecule has 0 atom stereocenters. The summed E-state index contributed by atoms with van der Waals surface area (Å²) in [6, 6.07) is 86.9. The number of nitrogens with one attached hydrogen (secondary N) is 1. The zero-order valence-corrected chi connectivity index (χ0v) is 53.7. The third-order valence-electron chi connectivity index (χ3n) is 14.5. The van der Waals surface area contributed by atoms with E-state index in [2.05, 4.69) is 187 Å². The van der Waals surface area contributed by atoms with Gasteiger partial charge >= 0.3 is 0 Å². The molecule has 1 aliphatic rings. The number of ether oxygens (including phenoxy) is 3. The average molecular weight is 1280 g/mol. The molecule has 0 amide bonds. The predicted octanol–water partition coefficient (Wildman–Crippen LogP) is 18.1. The molecule has 0 radical (unpaired) electrons. The molecule has 10 aromatic carbocycles. The second kappa shape index (κ2) is 29.5. The normalized spacial score (nSPS) is 11.8. The van der Waals surface area contributed by atoms with Crippen LogP contribution in [0.2, 0.25) is 25.2 Å². The molecule has 0 spiro atoms. The fraction of sp³-hybridized carbons (Fsp3) is 0.0959. The van der Waals surface area contributed by atoms with Crippen molar-refractivity contribution in [2.24, 2.45) is 5.73 Å². The molecule has 0 aliphatic carbocycles. The first kappa shape index (κ1) is 62.5. The molecule has 13 rings (SSSR count). The van der Waals surface area contributed by atoms with E-state index in [1.807, 2.05) is 84.9 Å². The maximum Gasteiger partial charge on any atom is 0.139 e. The van der Waals surface area contributed by atoms with Crippen LogP contribution in [0.25, 0.3) is 21.8 Å². The van der Waals surface area contributed by atoms with E-state index < -0.39 is 15.8 Å². The summed E-state index contributed by atoms with van der Waals surface area (Å²) in [5.74, 6) is 4.24. The maximum atomic E-state index is 7.26. The van der Waals surface area contributed by atoms with Gasteiger partial charge in [-0.05, 0) is 109 Å². The molecule has 0 unspecified atom stereocenters. The first-order valence-electron chi connectivity index (χ1n) is 27.9. The number of para-hydroxylation sites is 2. The van der Waals surface area contributed by atoms with Crippen LogP contribution >= 0.6 is 73.8 Å². The van der Waals surface area contributed by atoms with Gasteiger partial charge < -0.3 is 25.3 Å². The van der Waals surface area contributed by atoms with Crippen LogP contribution in [-0.4, -0.2) is 24.2 Å². The summed E-state index contributed by atoms with van der Waals surface area (Å²) in [6.07, 6.45) is 0. The number of rotatable bonds is 12. The van der Waals surface area contributed by atoms with E-state index >= 15 is 0 Å². The lowest BCUT2D eigenvalue weighted by Crippen LogP contribution is -2.32. The summed E-state index contributed by atoms with van der Waals surface area (Å²) in [6.45, 7) is 5.93. The fourth-order valence-electron chi connectivity index (χ4n) is 10.1. The minimum atomic E-state index is -0.824. The van der Waals surface area contributed by atoms with E-state index in [1.165, 1.54) is 43.0 Å². The van der Waals surface area contributed by atoms with E-state index in [4.69, 9.17) is 77.9 Å². The molecule has 0 fully saturated rings. The summed E-state index contributed by atoms with van der Waals surface area (Å²) >= 11 is 29.6. The highest BCUT2D eigenvalue weighted by molar-refractivity contribution is 7.80. The van der Waals surface area contributed by atoms with Gasteiger partial charge in [0.2, 0.25) is 0 Å². The Morgan fingerprint density at radius 1 is 0.448 bits per heavy atom. The van der Waals surface area contributed by atoms with Crippen molar-refractivity contribution in [1.29, 1.82) is 0 Å². The Hall–Kier alpha value is -7.51. The molecular formula is C73H61Cl5N4O3P2. The minimum Gasteiger partial charge on any atom is -0.497 e. The second-order valence-electron chi connectivity index (χ2n) is 20.5. The highest BCUT2D eigenvalue weighted by Gasteiger charge is 2.39. The van der Waals surface area contributed by atoms with E-state index in [0.29, 0.717) is 28.3 Å². The molecule has 3 N–H and O–H groups in total. The van der Waals surface area contributed by atoms with Gasteiger partial charge in [0.1, 0.15) is 34.0 Å². The molecule has 0 saturated heterocycles. The van der Waals surface area contributed by atoms with Gasteiger partial charge in [-0.1, -0.05) is 254 Å². The van der Waals surface area contributed by atoms with E-state index in [-0.39, 0.29) is 5.41 Å². The molecule has 0 bridgehead atoms. The van der Waals surface area contributed by atoms with Gasteiger partial charge in [-0.3, -0.25) is 0 Å². The van der Waals surface area contributed by atoms with Gasteiger partial charge in [0.15, 0.2) is 0 Å².